The molecule has 0 radical (unpaired) electrons. The lowest BCUT2D eigenvalue weighted by molar-refractivity contribution is -0.127. The zero-order valence-corrected chi connectivity index (χ0v) is 18.8. The molecule has 1 fully saturated rings. The third-order valence-electron chi connectivity index (χ3n) is 4.02. The van der Waals surface area contributed by atoms with Crippen molar-refractivity contribution in [2.45, 2.75) is 26.3 Å². The van der Waals surface area contributed by atoms with Crippen molar-refractivity contribution in [2.75, 3.05) is 33.8 Å². The van der Waals surface area contributed by atoms with E-state index in [1.807, 2.05) is 31.2 Å². The van der Waals surface area contributed by atoms with Crippen molar-refractivity contribution in [1.82, 2.24) is 15.5 Å². The lowest BCUT2D eigenvalue weighted by Gasteiger charge is -2.15. The zero-order chi connectivity index (χ0) is 18.9. The number of amides is 1. The Kier molecular flexibility index (Phi) is 10.2. The van der Waals surface area contributed by atoms with Crippen LogP contribution >= 0.6 is 24.0 Å². The molecule has 1 aliphatic carbocycles. The molecule has 0 saturated heterocycles. The molecule has 0 aliphatic heterocycles. The van der Waals surface area contributed by atoms with E-state index in [4.69, 9.17) is 4.74 Å². The van der Waals surface area contributed by atoms with Gasteiger partial charge in [0.05, 0.1) is 19.7 Å². The summed E-state index contributed by atoms with van der Waals surface area (Å²) in [4.78, 5) is 18.0. The number of halogens is 1. The van der Waals surface area contributed by atoms with E-state index in [1.54, 1.807) is 19.0 Å². The molecule has 1 saturated carbocycles. The average molecular weight is 486 g/mol. The predicted octanol–water partition coefficient (Wildman–Crippen LogP) is 2.79. The van der Waals surface area contributed by atoms with Gasteiger partial charge in [-0.25, -0.2) is 4.99 Å². The van der Waals surface area contributed by atoms with E-state index < -0.39 is 0 Å². The molecule has 7 heteroatoms. The Morgan fingerprint density at radius 3 is 2.56 bits per heavy atom. The molecule has 1 amide bonds. The quantitative estimate of drug-likeness (QED) is 0.244. The first-order chi connectivity index (χ1) is 12.5. The van der Waals surface area contributed by atoms with Crippen LogP contribution in [-0.4, -0.2) is 50.6 Å². The summed E-state index contributed by atoms with van der Waals surface area (Å²) in [6, 6.07) is 7.97. The number of nitrogens with zero attached hydrogens (tertiary/aromatic N) is 2. The molecule has 150 valence electrons. The minimum Gasteiger partial charge on any atom is -0.493 e. The lowest BCUT2D eigenvalue weighted by Crippen LogP contribution is -2.43. The number of carbonyl (C=O) groups is 1. The standard InChI is InChI=1S/C20H30N4O2.HI/c1-15(2)11-21-20(23-13-19(25)24(3)4)22-12-17-7-5-6-8-18(17)26-14-16-9-10-16;/h5-8,16H,1,9-14H2,2-4H3,(H2,21,22,23);1H. The lowest BCUT2D eigenvalue weighted by atomic mass is 10.2. The smallest absolute Gasteiger partial charge is 0.241 e. The fraction of sp³-hybridized carbons (Fsp3) is 0.500. The third kappa shape index (κ3) is 9.12. The van der Waals surface area contributed by atoms with Crippen LogP contribution in [0.1, 0.15) is 25.3 Å². The van der Waals surface area contributed by atoms with E-state index in [-0.39, 0.29) is 36.4 Å². The van der Waals surface area contributed by atoms with Crippen molar-refractivity contribution >= 4 is 35.8 Å². The van der Waals surface area contributed by atoms with Crippen LogP contribution in [-0.2, 0) is 11.3 Å². The number of para-hydroxylation sites is 1. The van der Waals surface area contributed by atoms with Crippen molar-refractivity contribution < 1.29 is 9.53 Å². The van der Waals surface area contributed by atoms with Gasteiger partial charge < -0.3 is 20.3 Å². The molecule has 1 aliphatic rings. The fourth-order valence-corrected chi connectivity index (χ4v) is 2.16. The van der Waals surface area contributed by atoms with E-state index in [1.165, 1.54) is 12.8 Å². The first-order valence-electron chi connectivity index (χ1n) is 9.03. The highest BCUT2D eigenvalue weighted by molar-refractivity contribution is 14.0. The van der Waals surface area contributed by atoms with Gasteiger partial charge in [0.15, 0.2) is 5.96 Å². The Balaban J connectivity index is 0.00000364. The Labute approximate surface area is 179 Å². The van der Waals surface area contributed by atoms with Crippen LogP contribution in [0, 0.1) is 5.92 Å². The molecular weight excluding hydrogens is 455 g/mol. The SMILES string of the molecule is C=C(C)CNC(=NCc1ccccc1OCC1CC1)NCC(=O)N(C)C.I. The van der Waals surface area contributed by atoms with Gasteiger partial charge in [0.1, 0.15) is 5.75 Å². The number of hydrogen-bond acceptors (Lipinski definition) is 3. The highest BCUT2D eigenvalue weighted by atomic mass is 127. The Morgan fingerprint density at radius 1 is 1.26 bits per heavy atom. The maximum Gasteiger partial charge on any atom is 0.241 e. The summed E-state index contributed by atoms with van der Waals surface area (Å²) in [5, 5.41) is 6.26. The van der Waals surface area contributed by atoms with Crippen LogP contribution in [0.2, 0.25) is 0 Å². The van der Waals surface area contributed by atoms with E-state index in [0.29, 0.717) is 25.0 Å². The van der Waals surface area contributed by atoms with Crippen LogP contribution in [0.5, 0.6) is 5.75 Å². The summed E-state index contributed by atoms with van der Waals surface area (Å²) in [6.45, 7) is 7.87. The molecule has 2 N–H and O–H groups in total. The van der Waals surface area contributed by atoms with Gasteiger partial charge in [-0.2, -0.15) is 0 Å². The first-order valence-corrected chi connectivity index (χ1v) is 9.03. The van der Waals surface area contributed by atoms with E-state index in [9.17, 15) is 4.79 Å². The number of benzene rings is 1. The molecule has 27 heavy (non-hydrogen) atoms. The highest BCUT2D eigenvalue weighted by Crippen LogP contribution is 2.30. The van der Waals surface area contributed by atoms with Gasteiger partial charge in [-0.3, -0.25) is 4.79 Å². The number of nitrogens with one attached hydrogen (secondary N) is 2. The monoisotopic (exact) mass is 486 g/mol. The van der Waals surface area contributed by atoms with Crippen molar-refractivity contribution in [3.8, 4) is 5.75 Å². The van der Waals surface area contributed by atoms with Gasteiger partial charge in [0.25, 0.3) is 0 Å². The topological polar surface area (TPSA) is 66.0 Å². The van der Waals surface area contributed by atoms with Gasteiger partial charge >= 0.3 is 0 Å². The zero-order valence-electron chi connectivity index (χ0n) is 16.5. The Hall–Kier alpha value is -1.77. The minimum absolute atomic E-state index is 0. The molecule has 0 atom stereocenters. The van der Waals surface area contributed by atoms with E-state index in [0.717, 1.165) is 23.5 Å². The fourth-order valence-electron chi connectivity index (χ4n) is 2.16. The van der Waals surface area contributed by atoms with Crippen molar-refractivity contribution in [3.63, 3.8) is 0 Å². The van der Waals surface area contributed by atoms with Crippen molar-refractivity contribution in [3.05, 3.63) is 42.0 Å². The molecule has 0 bridgehead atoms. The van der Waals surface area contributed by atoms with Gasteiger partial charge in [0.2, 0.25) is 5.91 Å². The van der Waals surface area contributed by atoms with Crippen molar-refractivity contribution in [2.24, 2.45) is 10.9 Å². The van der Waals surface area contributed by atoms with E-state index >= 15 is 0 Å². The molecule has 1 aromatic carbocycles. The molecule has 0 unspecified atom stereocenters. The number of likely N-dealkylation sites (N-methyl/N-ethyl adjacent to an activating group) is 1. The number of hydrogen-bond donors (Lipinski definition) is 2. The normalized spacial score (nSPS) is 13.4. The van der Waals surface area contributed by atoms with Crippen LogP contribution in [0.15, 0.2) is 41.4 Å². The molecule has 0 aromatic heterocycles. The Bertz CT molecular complexity index is 657. The number of guanidine groups is 1. The number of ether oxygens (including phenoxy) is 1. The van der Waals surface area contributed by atoms with Crippen molar-refractivity contribution in [1.29, 1.82) is 0 Å². The number of aliphatic imine (C=N–C) groups is 1. The van der Waals surface area contributed by atoms with Gasteiger partial charge in [-0.1, -0.05) is 30.4 Å². The molecule has 2 rings (SSSR count). The maximum atomic E-state index is 11.8. The number of carbonyl (C=O) groups excluding carboxylic acids is 1. The van der Waals surface area contributed by atoms with Gasteiger partial charge in [-0.15, -0.1) is 24.0 Å². The maximum absolute atomic E-state index is 11.8. The van der Waals surface area contributed by atoms with Crippen LogP contribution in [0.3, 0.4) is 0 Å². The molecule has 0 heterocycles. The van der Waals surface area contributed by atoms with Crippen LogP contribution in [0.4, 0.5) is 0 Å². The summed E-state index contributed by atoms with van der Waals surface area (Å²) >= 11 is 0. The van der Waals surface area contributed by atoms with Gasteiger partial charge in [0, 0.05) is 26.2 Å². The summed E-state index contributed by atoms with van der Waals surface area (Å²) in [7, 11) is 3.46. The van der Waals surface area contributed by atoms with E-state index in [2.05, 4.69) is 22.2 Å². The summed E-state index contributed by atoms with van der Waals surface area (Å²) in [5.74, 6) is 2.16. The average Bonchev–Trinajstić information content (AvgIpc) is 3.43. The summed E-state index contributed by atoms with van der Waals surface area (Å²) in [5.41, 5.74) is 2.02. The van der Waals surface area contributed by atoms with Gasteiger partial charge in [-0.05, 0) is 31.7 Å². The molecule has 6 nitrogen and oxygen atoms in total. The predicted molar refractivity (Wildman–Crippen MR) is 121 cm³/mol. The van der Waals surface area contributed by atoms with Crippen LogP contribution in [0.25, 0.3) is 0 Å². The second-order valence-electron chi connectivity index (χ2n) is 6.98. The summed E-state index contributed by atoms with van der Waals surface area (Å²) in [6.07, 6.45) is 2.53. The minimum atomic E-state index is -0.0111. The molecule has 0 spiro atoms. The number of rotatable bonds is 9. The third-order valence-corrected chi connectivity index (χ3v) is 4.02. The second kappa shape index (κ2) is 11.8. The highest BCUT2D eigenvalue weighted by Gasteiger charge is 2.22. The Morgan fingerprint density at radius 2 is 1.93 bits per heavy atom. The molecular formula is C20H31IN4O2. The molecule has 1 aromatic rings. The summed E-state index contributed by atoms with van der Waals surface area (Å²) < 4.78 is 5.94. The largest absolute Gasteiger partial charge is 0.493 e. The second-order valence-corrected chi connectivity index (χ2v) is 6.98. The van der Waals surface area contributed by atoms with Crippen LogP contribution < -0.4 is 15.4 Å². The first kappa shape index (κ1) is 23.3.